The van der Waals surface area contributed by atoms with Crippen molar-refractivity contribution < 1.29 is 4.74 Å². The lowest BCUT2D eigenvalue weighted by Gasteiger charge is -2.05. The fraction of sp³-hybridized carbons (Fsp3) is 0.167. The first kappa shape index (κ1) is 11.0. The van der Waals surface area contributed by atoms with Crippen molar-refractivity contribution in [2.24, 2.45) is 0 Å². The second kappa shape index (κ2) is 5.51. The van der Waals surface area contributed by atoms with Gasteiger partial charge in [0, 0.05) is 14.9 Å². The molecule has 2 aromatic rings. The summed E-state index contributed by atoms with van der Waals surface area (Å²) in [5.74, 6) is 0.957. The Morgan fingerprint density at radius 2 is 2.13 bits per heavy atom. The monoisotopic (exact) mass is 330 g/mol. The molecular formula is C12H11IOS. The highest BCUT2D eigenvalue weighted by Crippen LogP contribution is 2.15. The first-order chi connectivity index (χ1) is 7.34. The van der Waals surface area contributed by atoms with E-state index in [2.05, 4.69) is 52.2 Å². The van der Waals surface area contributed by atoms with Crippen LogP contribution in [0.4, 0.5) is 0 Å². The molecule has 15 heavy (non-hydrogen) atoms. The van der Waals surface area contributed by atoms with Crippen molar-refractivity contribution in [3.05, 3.63) is 50.2 Å². The fourth-order valence-corrected chi connectivity index (χ4v) is 2.49. The van der Waals surface area contributed by atoms with Crippen molar-refractivity contribution in [2.75, 3.05) is 6.61 Å². The SMILES string of the molecule is Ic1cccc(OCCc2cccs2)c1. The molecule has 0 unspecified atom stereocenters. The number of hydrogen-bond acceptors (Lipinski definition) is 2. The van der Waals surface area contributed by atoms with E-state index in [1.807, 2.05) is 12.1 Å². The summed E-state index contributed by atoms with van der Waals surface area (Å²) in [6.45, 7) is 0.751. The van der Waals surface area contributed by atoms with Crippen molar-refractivity contribution in [1.82, 2.24) is 0 Å². The second-order valence-electron chi connectivity index (χ2n) is 3.14. The predicted molar refractivity (Wildman–Crippen MR) is 72.7 cm³/mol. The van der Waals surface area contributed by atoms with Crippen LogP contribution in [0.3, 0.4) is 0 Å². The Hall–Kier alpha value is -0.550. The molecule has 1 nitrogen and oxygen atoms in total. The number of rotatable bonds is 4. The third-order valence-corrected chi connectivity index (χ3v) is 3.60. The van der Waals surface area contributed by atoms with Crippen molar-refractivity contribution in [2.45, 2.75) is 6.42 Å². The van der Waals surface area contributed by atoms with E-state index < -0.39 is 0 Å². The summed E-state index contributed by atoms with van der Waals surface area (Å²) in [6.07, 6.45) is 0.989. The number of hydrogen-bond donors (Lipinski definition) is 0. The molecule has 78 valence electrons. The first-order valence-electron chi connectivity index (χ1n) is 4.75. The Kier molecular flexibility index (Phi) is 4.02. The molecule has 2 rings (SSSR count). The van der Waals surface area contributed by atoms with Crippen LogP contribution in [0.1, 0.15) is 4.88 Å². The Morgan fingerprint density at radius 1 is 1.20 bits per heavy atom. The van der Waals surface area contributed by atoms with E-state index in [0.29, 0.717) is 0 Å². The van der Waals surface area contributed by atoms with Gasteiger partial charge in [-0.25, -0.2) is 0 Å². The molecule has 1 aromatic heterocycles. The average Bonchev–Trinajstić information content (AvgIpc) is 2.71. The lowest BCUT2D eigenvalue weighted by atomic mass is 10.3. The molecule has 0 radical (unpaired) electrons. The van der Waals surface area contributed by atoms with Gasteiger partial charge in [0.2, 0.25) is 0 Å². The lowest BCUT2D eigenvalue weighted by Crippen LogP contribution is -1.99. The molecule has 0 aliphatic rings. The van der Waals surface area contributed by atoms with Crippen molar-refractivity contribution >= 4 is 33.9 Å². The van der Waals surface area contributed by atoms with Gasteiger partial charge in [-0.1, -0.05) is 12.1 Å². The minimum atomic E-state index is 0.751. The standard InChI is InChI=1S/C12H11IOS/c13-10-3-1-4-11(9-10)14-7-6-12-5-2-8-15-12/h1-5,8-9H,6-7H2. The summed E-state index contributed by atoms with van der Waals surface area (Å²) in [4.78, 5) is 1.38. The van der Waals surface area contributed by atoms with E-state index >= 15 is 0 Å². The molecule has 3 heteroatoms. The van der Waals surface area contributed by atoms with Gasteiger partial charge in [-0.3, -0.25) is 0 Å². The largest absolute Gasteiger partial charge is 0.493 e. The summed E-state index contributed by atoms with van der Waals surface area (Å²) < 4.78 is 6.87. The molecule has 0 bridgehead atoms. The summed E-state index contributed by atoms with van der Waals surface area (Å²) >= 11 is 4.07. The molecule has 0 amide bonds. The molecule has 0 saturated carbocycles. The molecule has 0 N–H and O–H groups in total. The van der Waals surface area contributed by atoms with Crippen LogP contribution in [0, 0.1) is 3.57 Å². The summed E-state index contributed by atoms with van der Waals surface area (Å²) in [5, 5.41) is 2.10. The number of thiophene rings is 1. The zero-order chi connectivity index (χ0) is 10.5. The minimum absolute atomic E-state index is 0.751. The van der Waals surface area contributed by atoms with Gasteiger partial charge in [0.15, 0.2) is 0 Å². The molecule has 0 aliphatic carbocycles. The third-order valence-electron chi connectivity index (χ3n) is 1.99. The van der Waals surface area contributed by atoms with Gasteiger partial charge >= 0.3 is 0 Å². The highest BCUT2D eigenvalue weighted by Gasteiger charge is 1.96. The summed E-state index contributed by atoms with van der Waals surface area (Å²) in [5.41, 5.74) is 0. The van der Waals surface area contributed by atoms with Gasteiger partial charge in [0.25, 0.3) is 0 Å². The van der Waals surface area contributed by atoms with Crippen LogP contribution in [0.15, 0.2) is 41.8 Å². The molecule has 1 aromatic carbocycles. The zero-order valence-corrected chi connectivity index (χ0v) is 11.1. The van der Waals surface area contributed by atoms with Gasteiger partial charge in [-0.05, 0) is 52.2 Å². The molecule has 0 atom stereocenters. The maximum absolute atomic E-state index is 5.66. The highest BCUT2D eigenvalue weighted by atomic mass is 127. The Bertz CT molecular complexity index is 411. The van der Waals surface area contributed by atoms with Gasteiger partial charge in [0.05, 0.1) is 6.61 Å². The minimum Gasteiger partial charge on any atom is -0.493 e. The average molecular weight is 330 g/mol. The van der Waals surface area contributed by atoms with E-state index in [0.717, 1.165) is 18.8 Å². The topological polar surface area (TPSA) is 9.23 Å². The molecular weight excluding hydrogens is 319 g/mol. The Labute approximate surface area is 107 Å². The maximum Gasteiger partial charge on any atom is 0.120 e. The quantitative estimate of drug-likeness (QED) is 0.771. The van der Waals surface area contributed by atoms with Crippen LogP contribution in [0.5, 0.6) is 5.75 Å². The first-order valence-corrected chi connectivity index (χ1v) is 6.71. The second-order valence-corrected chi connectivity index (χ2v) is 5.41. The molecule has 0 fully saturated rings. The normalized spacial score (nSPS) is 10.2. The number of halogens is 1. The van der Waals surface area contributed by atoms with Crippen LogP contribution < -0.4 is 4.74 Å². The Morgan fingerprint density at radius 3 is 2.87 bits per heavy atom. The van der Waals surface area contributed by atoms with E-state index in [-0.39, 0.29) is 0 Å². The highest BCUT2D eigenvalue weighted by molar-refractivity contribution is 14.1. The van der Waals surface area contributed by atoms with Crippen LogP contribution in [0.2, 0.25) is 0 Å². The van der Waals surface area contributed by atoms with Gasteiger partial charge in [0.1, 0.15) is 5.75 Å². The van der Waals surface area contributed by atoms with E-state index in [1.54, 1.807) is 11.3 Å². The summed E-state index contributed by atoms with van der Waals surface area (Å²) in [6, 6.07) is 12.3. The number of ether oxygens (including phenoxy) is 1. The fourth-order valence-electron chi connectivity index (χ4n) is 1.28. The molecule has 0 spiro atoms. The Balaban J connectivity index is 1.83. The summed E-state index contributed by atoms with van der Waals surface area (Å²) in [7, 11) is 0. The van der Waals surface area contributed by atoms with Gasteiger partial charge in [-0.15, -0.1) is 11.3 Å². The lowest BCUT2D eigenvalue weighted by molar-refractivity contribution is 0.323. The molecule has 1 heterocycles. The van der Waals surface area contributed by atoms with E-state index in [1.165, 1.54) is 8.45 Å². The van der Waals surface area contributed by atoms with Crippen molar-refractivity contribution in [3.8, 4) is 5.75 Å². The van der Waals surface area contributed by atoms with Gasteiger partial charge < -0.3 is 4.74 Å². The maximum atomic E-state index is 5.66. The zero-order valence-electron chi connectivity index (χ0n) is 8.15. The van der Waals surface area contributed by atoms with Crippen LogP contribution >= 0.6 is 33.9 Å². The molecule has 0 saturated heterocycles. The predicted octanol–water partition coefficient (Wildman–Crippen LogP) is 3.97. The van der Waals surface area contributed by atoms with Crippen molar-refractivity contribution in [3.63, 3.8) is 0 Å². The smallest absolute Gasteiger partial charge is 0.120 e. The number of benzene rings is 1. The van der Waals surface area contributed by atoms with Crippen LogP contribution in [0.25, 0.3) is 0 Å². The van der Waals surface area contributed by atoms with Crippen molar-refractivity contribution in [1.29, 1.82) is 0 Å². The van der Waals surface area contributed by atoms with Crippen LogP contribution in [-0.4, -0.2) is 6.61 Å². The molecule has 0 aliphatic heterocycles. The van der Waals surface area contributed by atoms with E-state index in [9.17, 15) is 0 Å². The van der Waals surface area contributed by atoms with E-state index in [4.69, 9.17) is 4.74 Å². The van der Waals surface area contributed by atoms with Gasteiger partial charge in [-0.2, -0.15) is 0 Å². The third kappa shape index (κ3) is 3.50. The van der Waals surface area contributed by atoms with Crippen LogP contribution in [-0.2, 0) is 6.42 Å².